The summed E-state index contributed by atoms with van der Waals surface area (Å²) in [7, 11) is 2.00. The molecule has 0 radical (unpaired) electrons. The summed E-state index contributed by atoms with van der Waals surface area (Å²) in [6.45, 7) is 12.2. The molecule has 170 valence electrons. The molecule has 0 saturated carbocycles. The molecule has 7 nitrogen and oxygen atoms in total. The zero-order chi connectivity index (χ0) is 22.2. The van der Waals surface area contributed by atoms with E-state index in [2.05, 4.69) is 60.5 Å². The van der Waals surface area contributed by atoms with Gasteiger partial charge >= 0.3 is 0 Å². The predicted molar refractivity (Wildman–Crippen MR) is 129 cm³/mol. The topological polar surface area (TPSA) is 70.4 Å². The molecule has 0 spiro atoms. The van der Waals surface area contributed by atoms with E-state index in [1.807, 2.05) is 17.9 Å². The van der Waals surface area contributed by atoms with E-state index in [-0.39, 0.29) is 6.04 Å². The largest absolute Gasteiger partial charge is 0.357 e. The van der Waals surface area contributed by atoms with Crippen molar-refractivity contribution in [1.29, 1.82) is 0 Å². The van der Waals surface area contributed by atoms with E-state index >= 15 is 0 Å². The number of hydrogen-bond acceptors (Lipinski definition) is 4. The molecule has 0 amide bonds. The molecule has 1 aliphatic heterocycles. The normalized spacial score (nSPS) is 16.2. The van der Waals surface area contributed by atoms with Gasteiger partial charge in [0.05, 0.1) is 12.2 Å². The second kappa shape index (κ2) is 11.2. The second-order valence-corrected chi connectivity index (χ2v) is 8.64. The van der Waals surface area contributed by atoms with Crippen LogP contribution in [-0.2, 0) is 20.0 Å². The summed E-state index contributed by atoms with van der Waals surface area (Å²) in [6, 6.07) is 4.56. The summed E-state index contributed by atoms with van der Waals surface area (Å²) in [5.74, 6) is 1.93. The lowest BCUT2D eigenvalue weighted by Crippen LogP contribution is -2.43. The van der Waals surface area contributed by atoms with Gasteiger partial charge in [0, 0.05) is 44.6 Å². The van der Waals surface area contributed by atoms with E-state index in [4.69, 9.17) is 9.98 Å². The van der Waals surface area contributed by atoms with Crippen molar-refractivity contribution in [3.63, 3.8) is 0 Å². The fourth-order valence-corrected chi connectivity index (χ4v) is 4.19. The molecular formula is C24H39N7. The molecule has 3 heterocycles. The van der Waals surface area contributed by atoms with Gasteiger partial charge in [-0.2, -0.15) is 5.10 Å². The number of anilines is 1. The van der Waals surface area contributed by atoms with E-state index in [9.17, 15) is 0 Å². The standard InChI is InChI=1S/C24H39N7/c1-6-25-24(28-18(2)15-22-19(3)29-30(5)20(22)4)27-17-21-11-12-23(26-16-21)31-13-9-7-8-10-14-31/h11-12,16,18H,6-10,13-15,17H2,1-5H3,(H2,25,27,28). The van der Waals surface area contributed by atoms with Crippen molar-refractivity contribution in [2.45, 2.75) is 72.4 Å². The first-order valence-electron chi connectivity index (χ1n) is 11.7. The van der Waals surface area contributed by atoms with Crippen LogP contribution >= 0.6 is 0 Å². The van der Waals surface area contributed by atoms with Gasteiger partial charge < -0.3 is 15.5 Å². The van der Waals surface area contributed by atoms with Crippen LogP contribution in [0.4, 0.5) is 5.82 Å². The fraction of sp³-hybridized carbons (Fsp3) is 0.625. The van der Waals surface area contributed by atoms with E-state index in [0.717, 1.165) is 49.1 Å². The quantitative estimate of drug-likeness (QED) is 0.525. The van der Waals surface area contributed by atoms with Crippen LogP contribution in [-0.4, -0.2) is 46.4 Å². The number of hydrogen-bond donors (Lipinski definition) is 2. The van der Waals surface area contributed by atoms with Crippen LogP contribution in [0.1, 0.15) is 62.0 Å². The van der Waals surface area contributed by atoms with Crippen LogP contribution in [0.2, 0.25) is 0 Å². The Morgan fingerprint density at radius 3 is 2.48 bits per heavy atom. The molecule has 7 heteroatoms. The van der Waals surface area contributed by atoms with Crippen LogP contribution in [0.5, 0.6) is 0 Å². The highest BCUT2D eigenvalue weighted by Gasteiger charge is 2.14. The van der Waals surface area contributed by atoms with Crippen molar-refractivity contribution in [1.82, 2.24) is 25.4 Å². The van der Waals surface area contributed by atoms with E-state index in [0.29, 0.717) is 6.54 Å². The van der Waals surface area contributed by atoms with E-state index < -0.39 is 0 Å². The van der Waals surface area contributed by atoms with Crippen LogP contribution in [0.15, 0.2) is 23.3 Å². The van der Waals surface area contributed by atoms with Crippen molar-refractivity contribution in [3.05, 3.63) is 40.8 Å². The highest BCUT2D eigenvalue weighted by atomic mass is 15.3. The lowest BCUT2D eigenvalue weighted by Gasteiger charge is -2.21. The van der Waals surface area contributed by atoms with Gasteiger partial charge in [-0.15, -0.1) is 0 Å². The van der Waals surface area contributed by atoms with Crippen molar-refractivity contribution in [3.8, 4) is 0 Å². The molecule has 1 saturated heterocycles. The molecule has 1 unspecified atom stereocenters. The van der Waals surface area contributed by atoms with Gasteiger partial charge in [-0.3, -0.25) is 4.68 Å². The van der Waals surface area contributed by atoms with E-state index in [1.165, 1.54) is 36.9 Å². The maximum absolute atomic E-state index is 4.79. The molecule has 0 aliphatic carbocycles. The number of guanidine groups is 1. The Kier molecular flexibility index (Phi) is 8.32. The molecule has 2 aromatic rings. The molecule has 2 N–H and O–H groups in total. The number of pyridine rings is 1. The van der Waals surface area contributed by atoms with Crippen LogP contribution in [0, 0.1) is 13.8 Å². The molecule has 1 atom stereocenters. The summed E-state index contributed by atoms with van der Waals surface area (Å²) < 4.78 is 1.96. The summed E-state index contributed by atoms with van der Waals surface area (Å²) >= 11 is 0. The third-order valence-corrected chi connectivity index (χ3v) is 6.06. The third kappa shape index (κ3) is 6.45. The van der Waals surface area contributed by atoms with E-state index in [1.54, 1.807) is 0 Å². The zero-order valence-electron chi connectivity index (χ0n) is 19.9. The first kappa shape index (κ1) is 23.1. The maximum atomic E-state index is 4.79. The highest BCUT2D eigenvalue weighted by Crippen LogP contribution is 2.18. The molecule has 0 aromatic carbocycles. The smallest absolute Gasteiger partial charge is 0.191 e. The Balaban J connectivity index is 1.59. The van der Waals surface area contributed by atoms with Gasteiger partial charge in [0.1, 0.15) is 5.82 Å². The van der Waals surface area contributed by atoms with Gasteiger partial charge in [0.2, 0.25) is 0 Å². The van der Waals surface area contributed by atoms with Crippen molar-refractivity contribution in [2.24, 2.45) is 12.0 Å². The molecule has 3 rings (SSSR count). The Labute approximate surface area is 187 Å². The Bertz CT molecular complexity index is 846. The average molecular weight is 426 g/mol. The van der Waals surface area contributed by atoms with Gasteiger partial charge in [-0.1, -0.05) is 18.9 Å². The highest BCUT2D eigenvalue weighted by molar-refractivity contribution is 5.80. The predicted octanol–water partition coefficient (Wildman–Crippen LogP) is 3.50. The van der Waals surface area contributed by atoms with Crippen LogP contribution < -0.4 is 15.5 Å². The second-order valence-electron chi connectivity index (χ2n) is 8.64. The summed E-state index contributed by atoms with van der Waals surface area (Å²) in [5, 5.41) is 11.4. The number of nitrogens with zero attached hydrogens (tertiary/aromatic N) is 5. The molecule has 1 fully saturated rings. The fourth-order valence-electron chi connectivity index (χ4n) is 4.19. The molecule has 1 aliphatic rings. The number of aryl methyl sites for hydroxylation is 2. The lowest BCUT2D eigenvalue weighted by atomic mass is 10.1. The first-order valence-corrected chi connectivity index (χ1v) is 11.7. The number of nitrogens with one attached hydrogen (secondary N) is 2. The molecular weight excluding hydrogens is 386 g/mol. The number of aliphatic imine (C=N–C) groups is 1. The molecule has 2 aromatic heterocycles. The third-order valence-electron chi connectivity index (χ3n) is 6.06. The molecule has 31 heavy (non-hydrogen) atoms. The lowest BCUT2D eigenvalue weighted by molar-refractivity contribution is 0.635. The Hall–Kier alpha value is -2.57. The summed E-state index contributed by atoms with van der Waals surface area (Å²) in [4.78, 5) is 11.9. The van der Waals surface area contributed by atoms with Gasteiger partial charge in [-0.25, -0.2) is 9.98 Å². The number of rotatable bonds is 7. The zero-order valence-corrected chi connectivity index (χ0v) is 19.9. The van der Waals surface area contributed by atoms with Gasteiger partial charge in [0.15, 0.2) is 5.96 Å². The first-order chi connectivity index (χ1) is 15.0. The van der Waals surface area contributed by atoms with Gasteiger partial charge in [-0.05, 0) is 64.2 Å². The SMILES string of the molecule is CCNC(=NCc1ccc(N2CCCCCC2)nc1)NC(C)Cc1c(C)nn(C)c1C. The van der Waals surface area contributed by atoms with Gasteiger partial charge in [0.25, 0.3) is 0 Å². The minimum Gasteiger partial charge on any atom is -0.357 e. The summed E-state index contributed by atoms with van der Waals surface area (Å²) in [5.41, 5.74) is 4.77. The Morgan fingerprint density at radius 2 is 1.90 bits per heavy atom. The average Bonchev–Trinajstić information content (AvgIpc) is 2.96. The van der Waals surface area contributed by atoms with Crippen LogP contribution in [0.25, 0.3) is 0 Å². The van der Waals surface area contributed by atoms with Crippen molar-refractivity contribution < 1.29 is 0 Å². The minimum atomic E-state index is 0.253. The monoisotopic (exact) mass is 425 g/mol. The molecule has 0 bridgehead atoms. The minimum absolute atomic E-state index is 0.253. The number of aromatic nitrogens is 3. The van der Waals surface area contributed by atoms with Crippen molar-refractivity contribution >= 4 is 11.8 Å². The Morgan fingerprint density at radius 1 is 1.16 bits per heavy atom. The maximum Gasteiger partial charge on any atom is 0.191 e. The summed E-state index contributed by atoms with van der Waals surface area (Å²) in [6.07, 6.45) is 8.09. The van der Waals surface area contributed by atoms with Crippen molar-refractivity contribution in [2.75, 3.05) is 24.5 Å². The van der Waals surface area contributed by atoms with Crippen LogP contribution in [0.3, 0.4) is 0 Å².